The van der Waals surface area contributed by atoms with Crippen molar-refractivity contribution in [2.75, 3.05) is 24.3 Å². The fourth-order valence-electron chi connectivity index (χ4n) is 1.48. The van der Waals surface area contributed by atoms with Crippen molar-refractivity contribution in [3.05, 3.63) is 28.3 Å². The minimum Gasteiger partial charge on any atom is -0.444 e. The van der Waals surface area contributed by atoms with E-state index in [0.29, 0.717) is 0 Å². The lowest BCUT2D eigenvalue weighted by Gasteiger charge is -2.20. The van der Waals surface area contributed by atoms with Crippen molar-refractivity contribution in [3.8, 4) is 0 Å². The molecular weight excluding hydrogens is 262 g/mol. The smallest absolute Gasteiger partial charge is 0.412 e. The summed E-state index contributed by atoms with van der Waals surface area (Å²) in [6.45, 7) is 5.16. The first-order valence-electron chi connectivity index (χ1n) is 6.06. The highest BCUT2D eigenvalue weighted by Gasteiger charge is 2.21. The molecule has 0 atom stereocenters. The third-order valence-corrected chi connectivity index (χ3v) is 2.33. The molecule has 0 aliphatic heterocycles. The topological polar surface area (TPSA) is 84.7 Å². The lowest BCUT2D eigenvalue weighted by Crippen LogP contribution is -2.27. The highest BCUT2D eigenvalue weighted by Crippen LogP contribution is 2.29. The molecule has 0 bridgehead atoms. The highest BCUT2D eigenvalue weighted by atomic mass is 16.6. The number of carbonyl (C=O) groups is 1. The van der Waals surface area contributed by atoms with Gasteiger partial charge in [-0.1, -0.05) is 0 Å². The van der Waals surface area contributed by atoms with Gasteiger partial charge in [0.1, 0.15) is 11.3 Å². The fourth-order valence-corrected chi connectivity index (χ4v) is 1.48. The van der Waals surface area contributed by atoms with Gasteiger partial charge in [-0.2, -0.15) is 0 Å². The zero-order valence-electron chi connectivity index (χ0n) is 12.3. The maximum absolute atomic E-state index is 11.7. The SMILES string of the molecule is CN(C)c1ccc([N+](=O)[O-])c(NC(=O)OC(C)(C)C)c1. The van der Waals surface area contributed by atoms with Crippen LogP contribution in [0.3, 0.4) is 0 Å². The zero-order valence-corrected chi connectivity index (χ0v) is 12.3. The number of nitrogens with zero attached hydrogens (tertiary/aromatic N) is 2. The van der Waals surface area contributed by atoms with Crippen LogP contribution in [-0.2, 0) is 4.74 Å². The molecule has 110 valence electrons. The van der Waals surface area contributed by atoms with E-state index in [1.807, 2.05) is 0 Å². The van der Waals surface area contributed by atoms with E-state index in [1.54, 1.807) is 45.8 Å². The molecule has 1 N–H and O–H groups in total. The second kappa shape index (κ2) is 5.77. The van der Waals surface area contributed by atoms with Gasteiger partial charge in [0.05, 0.1) is 4.92 Å². The van der Waals surface area contributed by atoms with E-state index in [2.05, 4.69) is 5.32 Å². The first-order valence-corrected chi connectivity index (χ1v) is 6.06. The van der Waals surface area contributed by atoms with Gasteiger partial charge in [0, 0.05) is 25.8 Å². The lowest BCUT2D eigenvalue weighted by molar-refractivity contribution is -0.383. The molecule has 0 heterocycles. The first-order chi connectivity index (χ1) is 9.10. The number of nitro groups is 1. The summed E-state index contributed by atoms with van der Waals surface area (Å²) in [6, 6.07) is 4.49. The number of amides is 1. The molecule has 0 saturated carbocycles. The molecule has 0 saturated heterocycles. The summed E-state index contributed by atoms with van der Waals surface area (Å²) < 4.78 is 5.09. The lowest BCUT2D eigenvalue weighted by atomic mass is 10.2. The maximum atomic E-state index is 11.7. The van der Waals surface area contributed by atoms with Gasteiger partial charge >= 0.3 is 6.09 Å². The minimum atomic E-state index is -0.725. The van der Waals surface area contributed by atoms with E-state index < -0.39 is 16.6 Å². The first kappa shape index (κ1) is 15.7. The van der Waals surface area contributed by atoms with Gasteiger partial charge in [-0.05, 0) is 32.9 Å². The standard InChI is InChI=1S/C13H19N3O4/c1-13(2,3)20-12(17)14-10-8-9(15(4)5)6-7-11(10)16(18)19/h6-8H,1-5H3,(H,14,17). The molecule has 0 fully saturated rings. The Morgan fingerprint density at radius 3 is 2.40 bits per heavy atom. The number of rotatable bonds is 3. The number of ether oxygens (including phenoxy) is 1. The number of nitro benzene ring substituents is 1. The van der Waals surface area contributed by atoms with Crippen molar-refractivity contribution >= 4 is 23.2 Å². The van der Waals surface area contributed by atoms with E-state index in [4.69, 9.17) is 4.74 Å². The number of carbonyl (C=O) groups excluding carboxylic acids is 1. The van der Waals surface area contributed by atoms with Crippen LogP contribution < -0.4 is 10.2 Å². The van der Waals surface area contributed by atoms with Crippen molar-refractivity contribution in [2.45, 2.75) is 26.4 Å². The Labute approximate surface area is 117 Å². The molecule has 1 amide bonds. The van der Waals surface area contributed by atoms with Crippen LogP contribution in [0.1, 0.15) is 20.8 Å². The van der Waals surface area contributed by atoms with Gasteiger partial charge in [0.25, 0.3) is 5.69 Å². The Hall–Kier alpha value is -2.31. The zero-order chi connectivity index (χ0) is 15.5. The van der Waals surface area contributed by atoms with Crippen LogP contribution in [0.2, 0.25) is 0 Å². The second-order valence-corrected chi connectivity index (χ2v) is 5.48. The summed E-state index contributed by atoms with van der Waals surface area (Å²) >= 11 is 0. The van der Waals surface area contributed by atoms with Gasteiger partial charge in [-0.25, -0.2) is 4.79 Å². The monoisotopic (exact) mass is 281 g/mol. The van der Waals surface area contributed by atoms with Crippen LogP contribution in [0.4, 0.5) is 21.9 Å². The number of benzene rings is 1. The molecule has 20 heavy (non-hydrogen) atoms. The third-order valence-electron chi connectivity index (χ3n) is 2.33. The van der Waals surface area contributed by atoms with Crippen molar-refractivity contribution < 1.29 is 14.5 Å². The Morgan fingerprint density at radius 1 is 1.35 bits per heavy atom. The van der Waals surface area contributed by atoms with Gasteiger partial charge in [0.2, 0.25) is 0 Å². The van der Waals surface area contributed by atoms with Crippen LogP contribution in [0, 0.1) is 10.1 Å². The summed E-state index contributed by atoms with van der Waals surface area (Å²) in [7, 11) is 3.61. The average Bonchev–Trinajstić information content (AvgIpc) is 2.25. The Morgan fingerprint density at radius 2 is 1.95 bits per heavy atom. The fraction of sp³-hybridized carbons (Fsp3) is 0.462. The predicted octanol–water partition coefficient (Wildman–Crippen LogP) is 3.01. The van der Waals surface area contributed by atoms with Crippen molar-refractivity contribution in [1.82, 2.24) is 0 Å². The van der Waals surface area contributed by atoms with Crippen LogP contribution in [0.15, 0.2) is 18.2 Å². The molecule has 1 rings (SSSR count). The van der Waals surface area contributed by atoms with Crippen LogP contribution in [-0.4, -0.2) is 30.7 Å². The van der Waals surface area contributed by atoms with Crippen molar-refractivity contribution in [3.63, 3.8) is 0 Å². The molecule has 7 nitrogen and oxygen atoms in total. The Bertz CT molecular complexity index is 521. The Balaban J connectivity index is 3.04. The largest absolute Gasteiger partial charge is 0.444 e. The van der Waals surface area contributed by atoms with Gasteiger partial charge in [-0.3, -0.25) is 15.4 Å². The van der Waals surface area contributed by atoms with Gasteiger partial charge in [0.15, 0.2) is 0 Å². The third kappa shape index (κ3) is 4.42. The number of nitrogens with one attached hydrogen (secondary N) is 1. The summed E-state index contributed by atoms with van der Waals surface area (Å²) in [6.07, 6.45) is -0.725. The summed E-state index contributed by atoms with van der Waals surface area (Å²) in [5.41, 5.74) is -0.00329. The molecule has 0 spiro atoms. The number of hydrogen-bond donors (Lipinski definition) is 1. The van der Waals surface area contributed by atoms with Crippen molar-refractivity contribution in [2.24, 2.45) is 0 Å². The summed E-state index contributed by atoms with van der Waals surface area (Å²) in [5, 5.41) is 13.4. The normalized spacial score (nSPS) is 10.8. The minimum absolute atomic E-state index is 0.107. The van der Waals surface area contributed by atoms with E-state index in [0.717, 1.165) is 5.69 Å². The molecule has 0 aromatic heterocycles. The molecule has 0 aliphatic carbocycles. The number of anilines is 2. The van der Waals surface area contributed by atoms with E-state index in [9.17, 15) is 14.9 Å². The molecule has 1 aromatic rings. The molecule has 0 radical (unpaired) electrons. The van der Waals surface area contributed by atoms with E-state index in [1.165, 1.54) is 12.1 Å². The van der Waals surface area contributed by atoms with E-state index in [-0.39, 0.29) is 11.4 Å². The van der Waals surface area contributed by atoms with Gasteiger partial charge in [-0.15, -0.1) is 0 Å². The summed E-state index contributed by atoms with van der Waals surface area (Å²) in [4.78, 5) is 23.9. The second-order valence-electron chi connectivity index (χ2n) is 5.48. The van der Waals surface area contributed by atoms with E-state index >= 15 is 0 Å². The van der Waals surface area contributed by atoms with Gasteiger partial charge < -0.3 is 9.64 Å². The maximum Gasteiger partial charge on any atom is 0.412 e. The quantitative estimate of drug-likeness (QED) is 0.680. The summed E-state index contributed by atoms with van der Waals surface area (Å²) in [5.74, 6) is 0. The van der Waals surface area contributed by atoms with Crippen LogP contribution in [0.25, 0.3) is 0 Å². The average molecular weight is 281 g/mol. The Kier molecular flexibility index (Phi) is 4.54. The predicted molar refractivity (Wildman–Crippen MR) is 77.3 cm³/mol. The molecule has 1 aromatic carbocycles. The van der Waals surface area contributed by atoms with Crippen LogP contribution >= 0.6 is 0 Å². The van der Waals surface area contributed by atoms with Crippen molar-refractivity contribution in [1.29, 1.82) is 0 Å². The van der Waals surface area contributed by atoms with Crippen LogP contribution in [0.5, 0.6) is 0 Å². The highest BCUT2D eigenvalue weighted by molar-refractivity contribution is 5.89. The molecule has 0 unspecified atom stereocenters. The molecule has 7 heteroatoms. The molecular formula is C13H19N3O4. The number of hydrogen-bond acceptors (Lipinski definition) is 5. The molecule has 0 aliphatic rings.